The Kier molecular flexibility index (Phi) is 5.25. The number of benzene rings is 1. The van der Waals surface area contributed by atoms with Crippen LogP contribution in [-0.2, 0) is 37.0 Å². The molecule has 0 fully saturated rings. The Morgan fingerprint density at radius 1 is 1.09 bits per heavy atom. The van der Waals surface area contributed by atoms with E-state index in [1.165, 1.54) is 4.88 Å². The number of aromatic nitrogens is 3. The predicted molar refractivity (Wildman–Crippen MR) is 133 cm³/mol. The van der Waals surface area contributed by atoms with Gasteiger partial charge in [0.25, 0.3) is 5.56 Å². The highest BCUT2D eigenvalue weighted by Gasteiger charge is 2.27. The fraction of sp³-hybridized carbons (Fsp3) is 0.407. The number of pyridine rings is 1. The van der Waals surface area contributed by atoms with Crippen molar-refractivity contribution in [1.29, 1.82) is 0 Å². The van der Waals surface area contributed by atoms with Gasteiger partial charge in [0.05, 0.1) is 16.5 Å². The quantitative estimate of drug-likeness (QED) is 0.417. The van der Waals surface area contributed by atoms with E-state index in [0.717, 1.165) is 71.1 Å². The Bertz CT molecular complexity index is 1500. The normalized spacial score (nSPS) is 19.7. The number of nitrogens with zero attached hydrogens (tertiary/aromatic N) is 2. The van der Waals surface area contributed by atoms with Crippen LogP contribution < -0.4 is 5.56 Å². The summed E-state index contributed by atoms with van der Waals surface area (Å²) in [6, 6.07) is 7.73. The van der Waals surface area contributed by atoms with Crippen molar-refractivity contribution in [1.82, 2.24) is 15.0 Å². The minimum atomic E-state index is -0.383. The highest BCUT2D eigenvalue weighted by atomic mass is 32.1. The number of fused-ring (bicyclic) bond motifs is 5. The molecule has 3 heterocycles. The maximum Gasteiger partial charge on any atom is 0.339 e. The number of ether oxygens (including phenoxy) is 1. The number of carbonyl (C=O) groups is 1. The zero-order valence-electron chi connectivity index (χ0n) is 19.4. The van der Waals surface area contributed by atoms with Gasteiger partial charge < -0.3 is 9.72 Å². The number of nitrogens with one attached hydrogen (secondary N) is 1. The minimum absolute atomic E-state index is 0.0655. The fourth-order valence-electron chi connectivity index (χ4n) is 5.46. The molecule has 6 nitrogen and oxygen atoms in total. The molecule has 6 rings (SSSR count). The zero-order valence-corrected chi connectivity index (χ0v) is 20.3. The minimum Gasteiger partial charge on any atom is -0.454 e. The Morgan fingerprint density at radius 3 is 2.76 bits per heavy atom. The summed E-state index contributed by atoms with van der Waals surface area (Å²) in [6.45, 7) is 4.39. The second-order valence-corrected chi connectivity index (χ2v) is 11.0. The summed E-state index contributed by atoms with van der Waals surface area (Å²) in [4.78, 5) is 40.7. The van der Waals surface area contributed by atoms with Gasteiger partial charge in [0.1, 0.15) is 17.3 Å². The van der Waals surface area contributed by atoms with Crippen molar-refractivity contribution >= 4 is 38.4 Å². The zero-order chi connectivity index (χ0) is 23.4. The topological polar surface area (TPSA) is 84.9 Å². The maximum absolute atomic E-state index is 13.4. The number of thiophene rings is 1. The van der Waals surface area contributed by atoms with E-state index in [9.17, 15) is 9.59 Å². The van der Waals surface area contributed by atoms with Gasteiger partial charge in [-0.2, -0.15) is 0 Å². The van der Waals surface area contributed by atoms with Gasteiger partial charge in [-0.25, -0.2) is 9.78 Å². The summed E-state index contributed by atoms with van der Waals surface area (Å²) in [7, 11) is 0. The number of hydrogen-bond donors (Lipinski definition) is 1. The molecule has 0 amide bonds. The lowest BCUT2D eigenvalue weighted by Gasteiger charge is -2.24. The summed E-state index contributed by atoms with van der Waals surface area (Å²) in [5.41, 5.74) is 4.43. The average Bonchev–Trinajstić information content (AvgIpc) is 3.19. The molecule has 174 valence electrons. The molecule has 34 heavy (non-hydrogen) atoms. The first-order valence-corrected chi connectivity index (χ1v) is 12.9. The Labute approximate surface area is 201 Å². The number of para-hydroxylation sites is 1. The van der Waals surface area contributed by atoms with Gasteiger partial charge in [0, 0.05) is 16.0 Å². The number of rotatable bonds is 3. The van der Waals surface area contributed by atoms with Crippen LogP contribution in [0.25, 0.3) is 21.1 Å². The summed E-state index contributed by atoms with van der Waals surface area (Å²) in [5.74, 6) is 1.13. The highest BCUT2D eigenvalue weighted by molar-refractivity contribution is 7.18. The van der Waals surface area contributed by atoms with E-state index in [2.05, 4.69) is 23.8 Å². The number of aromatic amines is 1. The molecule has 1 N–H and O–H groups in total. The first kappa shape index (κ1) is 21.5. The van der Waals surface area contributed by atoms with Crippen molar-refractivity contribution < 1.29 is 9.53 Å². The van der Waals surface area contributed by atoms with Crippen LogP contribution in [0.15, 0.2) is 29.1 Å². The third-order valence-electron chi connectivity index (χ3n) is 7.26. The van der Waals surface area contributed by atoms with E-state index in [1.807, 2.05) is 24.3 Å². The van der Waals surface area contributed by atoms with Gasteiger partial charge in [0.2, 0.25) is 0 Å². The molecule has 7 heteroatoms. The molecular formula is C27H27N3O3S. The predicted octanol–water partition coefficient (Wildman–Crippen LogP) is 5.14. The Morgan fingerprint density at radius 2 is 1.88 bits per heavy atom. The van der Waals surface area contributed by atoms with Crippen LogP contribution in [0.5, 0.6) is 0 Å². The average molecular weight is 474 g/mol. The lowest BCUT2D eigenvalue weighted by molar-refractivity contribution is 0.0462. The summed E-state index contributed by atoms with van der Waals surface area (Å²) in [6.07, 6.45) is 5.78. The van der Waals surface area contributed by atoms with Crippen LogP contribution >= 0.6 is 11.3 Å². The van der Waals surface area contributed by atoms with Crippen LogP contribution in [0.1, 0.15) is 64.6 Å². The van der Waals surface area contributed by atoms with Crippen molar-refractivity contribution in [2.75, 3.05) is 0 Å². The second-order valence-electron chi connectivity index (χ2n) is 9.90. The largest absolute Gasteiger partial charge is 0.454 e. The van der Waals surface area contributed by atoms with E-state index in [-0.39, 0.29) is 18.1 Å². The van der Waals surface area contributed by atoms with E-state index >= 15 is 0 Å². The number of esters is 1. The van der Waals surface area contributed by atoms with Gasteiger partial charge in [-0.15, -0.1) is 11.3 Å². The van der Waals surface area contributed by atoms with E-state index in [0.29, 0.717) is 28.6 Å². The molecule has 2 atom stereocenters. The standard InChI is InChI=1S/C27H27N3O3S/c1-14-8-10-20-18(11-14)23(16-5-3-4-6-19(16)28-20)27(32)33-13-22-29-25(31)24-17-9-7-15(2)12-21(17)34-26(24)30-22/h3-6,14-15H,7-13H2,1-2H3,(H,29,30,31)/t14-,15+/m1/s1. The molecule has 0 aliphatic heterocycles. The second kappa shape index (κ2) is 8.31. The summed E-state index contributed by atoms with van der Waals surface area (Å²) in [5, 5.41) is 1.53. The Balaban J connectivity index is 1.33. The van der Waals surface area contributed by atoms with Crippen molar-refractivity contribution in [3.8, 4) is 0 Å². The molecule has 0 saturated carbocycles. The molecular weight excluding hydrogens is 446 g/mol. The van der Waals surface area contributed by atoms with Crippen LogP contribution in [0.3, 0.4) is 0 Å². The van der Waals surface area contributed by atoms with Crippen molar-refractivity contribution in [3.63, 3.8) is 0 Å². The Hall–Kier alpha value is -3.06. The van der Waals surface area contributed by atoms with Crippen LogP contribution in [0.4, 0.5) is 0 Å². The first-order valence-electron chi connectivity index (χ1n) is 12.1. The van der Waals surface area contributed by atoms with E-state index in [4.69, 9.17) is 9.72 Å². The summed E-state index contributed by atoms with van der Waals surface area (Å²) < 4.78 is 5.75. The highest BCUT2D eigenvalue weighted by Crippen LogP contribution is 2.36. The molecule has 2 aliphatic rings. The van der Waals surface area contributed by atoms with Gasteiger partial charge in [-0.1, -0.05) is 32.0 Å². The molecule has 0 bridgehead atoms. The SMILES string of the molecule is C[C@@H]1CCc2nc3ccccc3c(C(=O)OCc3nc4sc5c(c4c(=O)[nH]3)CC[C@H](C)C5)c2C1. The molecule has 0 radical (unpaired) electrons. The maximum atomic E-state index is 13.4. The number of hydrogen-bond acceptors (Lipinski definition) is 6. The monoisotopic (exact) mass is 473 g/mol. The molecule has 0 unspecified atom stereocenters. The lowest BCUT2D eigenvalue weighted by atomic mass is 9.84. The molecule has 0 spiro atoms. The molecule has 0 saturated heterocycles. The third kappa shape index (κ3) is 3.63. The van der Waals surface area contributed by atoms with Crippen LogP contribution in [-0.4, -0.2) is 20.9 Å². The van der Waals surface area contributed by atoms with Gasteiger partial charge in [-0.3, -0.25) is 9.78 Å². The van der Waals surface area contributed by atoms with Crippen molar-refractivity contribution in [2.24, 2.45) is 11.8 Å². The lowest BCUT2D eigenvalue weighted by Crippen LogP contribution is -2.20. The smallest absolute Gasteiger partial charge is 0.339 e. The van der Waals surface area contributed by atoms with E-state index in [1.54, 1.807) is 11.3 Å². The fourth-order valence-corrected chi connectivity index (χ4v) is 6.87. The summed E-state index contributed by atoms with van der Waals surface area (Å²) >= 11 is 1.60. The van der Waals surface area contributed by atoms with Gasteiger partial charge in [0.15, 0.2) is 0 Å². The van der Waals surface area contributed by atoms with Gasteiger partial charge >= 0.3 is 5.97 Å². The molecule has 2 aliphatic carbocycles. The number of H-pyrrole nitrogens is 1. The van der Waals surface area contributed by atoms with E-state index < -0.39 is 0 Å². The third-order valence-corrected chi connectivity index (χ3v) is 8.41. The molecule has 4 aromatic rings. The number of carbonyl (C=O) groups excluding carboxylic acids is 1. The molecule has 1 aromatic carbocycles. The first-order chi connectivity index (χ1) is 16.5. The van der Waals surface area contributed by atoms with Crippen molar-refractivity contribution in [2.45, 2.75) is 59.0 Å². The van der Waals surface area contributed by atoms with Gasteiger partial charge in [-0.05, 0) is 67.6 Å². The van der Waals surface area contributed by atoms with Crippen molar-refractivity contribution in [3.05, 3.63) is 67.7 Å². The van der Waals surface area contributed by atoms with Crippen LogP contribution in [0, 0.1) is 11.8 Å². The van der Waals surface area contributed by atoms with Crippen LogP contribution in [0.2, 0.25) is 0 Å². The molecule has 3 aromatic heterocycles. The number of aryl methyl sites for hydroxylation is 2.